The topological polar surface area (TPSA) is 93.4 Å². The van der Waals surface area contributed by atoms with E-state index < -0.39 is 0 Å². The first kappa shape index (κ1) is 14.3. The number of hydrogen-bond acceptors (Lipinski definition) is 6. The number of hydrogen-bond donors (Lipinski definition) is 2. The number of likely N-dealkylation sites (N-methyl/N-ethyl adjacent to an activating group) is 1. The second kappa shape index (κ2) is 7.57. The molecule has 7 heteroatoms. The van der Waals surface area contributed by atoms with Crippen molar-refractivity contribution in [2.45, 2.75) is 0 Å². The van der Waals surface area contributed by atoms with E-state index in [9.17, 15) is 4.79 Å². The van der Waals surface area contributed by atoms with Crippen LogP contribution in [-0.4, -0.2) is 61.2 Å². The van der Waals surface area contributed by atoms with Crippen LogP contribution in [0.2, 0.25) is 0 Å². The molecule has 1 rings (SSSR count). The zero-order valence-corrected chi connectivity index (χ0v) is 10.7. The Labute approximate surface area is 106 Å². The minimum atomic E-state index is -0.269. The third kappa shape index (κ3) is 5.07. The molecule has 0 fully saturated rings. The quantitative estimate of drug-likeness (QED) is 0.672. The normalized spacial score (nSPS) is 10.6. The largest absolute Gasteiger partial charge is 0.383 e. The second-order valence-corrected chi connectivity index (χ2v) is 3.88. The smallest absolute Gasteiger partial charge is 0.271 e. The molecule has 18 heavy (non-hydrogen) atoms. The van der Waals surface area contributed by atoms with Crippen molar-refractivity contribution in [2.24, 2.45) is 0 Å². The van der Waals surface area contributed by atoms with Crippen molar-refractivity contribution >= 4 is 11.7 Å². The molecule has 0 aliphatic heterocycles. The van der Waals surface area contributed by atoms with Gasteiger partial charge in [0.05, 0.1) is 19.0 Å². The van der Waals surface area contributed by atoms with Crippen LogP contribution in [-0.2, 0) is 4.74 Å². The lowest BCUT2D eigenvalue weighted by Gasteiger charge is -2.15. The number of carbonyl (C=O) groups is 1. The molecule has 100 valence electrons. The van der Waals surface area contributed by atoms with Crippen LogP contribution in [0.3, 0.4) is 0 Å². The number of nitrogens with one attached hydrogen (secondary N) is 1. The average molecular weight is 253 g/mol. The number of nitrogens with zero attached hydrogens (tertiary/aromatic N) is 3. The first-order valence-electron chi connectivity index (χ1n) is 5.66. The Bertz CT molecular complexity index is 385. The van der Waals surface area contributed by atoms with Gasteiger partial charge >= 0.3 is 0 Å². The van der Waals surface area contributed by atoms with Gasteiger partial charge in [-0.15, -0.1) is 0 Å². The lowest BCUT2D eigenvalue weighted by atomic mass is 10.4. The fourth-order valence-corrected chi connectivity index (χ4v) is 1.30. The molecule has 1 aromatic heterocycles. The van der Waals surface area contributed by atoms with Gasteiger partial charge in [0, 0.05) is 26.7 Å². The van der Waals surface area contributed by atoms with Gasteiger partial charge < -0.3 is 20.7 Å². The van der Waals surface area contributed by atoms with Gasteiger partial charge in [0.2, 0.25) is 0 Å². The van der Waals surface area contributed by atoms with Crippen LogP contribution < -0.4 is 11.1 Å². The number of nitrogen functional groups attached to an aromatic ring is 1. The van der Waals surface area contributed by atoms with Gasteiger partial charge in [-0.3, -0.25) is 9.78 Å². The highest BCUT2D eigenvalue weighted by Crippen LogP contribution is 1.96. The molecule has 7 nitrogen and oxygen atoms in total. The number of ether oxygens (including phenoxy) is 1. The predicted octanol–water partition coefficient (Wildman–Crippen LogP) is -0.633. The maximum atomic E-state index is 11.7. The fourth-order valence-electron chi connectivity index (χ4n) is 1.30. The molecule has 0 aliphatic rings. The van der Waals surface area contributed by atoms with Crippen molar-refractivity contribution in [1.82, 2.24) is 20.2 Å². The Balaban J connectivity index is 2.29. The zero-order valence-electron chi connectivity index (χ0n) is 10.7. The third-order valence-electron chi connectivity index (χ3n) is 2.34. The molecule has 0 radical (unpaired) electrons. The Morgan fingerprint density at radius 3 is 2.94 bits per heavy atom. The summed E-state index contributed by atoms with van der Waals surface area (Å²) in [7, 11) is 3.62. The molecule has 0 aromatic carbocycles. The van der Waals surface area contributed by atoms with E-state index in [1.54, 1.807) is 7.11 Å². The standard InChI is InChI=1S/C11H19N5O2/c1-16(5-6-18-2)4-3-14-11(17)9-7-13-8-10(12)15-9/h7-8H,3-6H2,1-2H3,(H2,12,15)(H,14,17). The summed E-state index contributed by atoms with van der Waals surface area (Å²) >= 11 is 0. The van der Waals surface area contributed by atoms with Gasteiger partial charge in [0.15, 0.2) is 0 Å². The van der Waals surface area contributed by atoms with Crippen molar-refractivity contribution in [2.75, 3.05) is 46.1 Å². The zero-order chi connectivity index (χ0) is 13.4. The van der Waals surface area contributed by atoms with E-state index in [-0.39, 0.29) is 17.4 Å². The SMILES string of the molecule is COCCN(C)CCNC(=O)c1cncc(N)n1. The van der Waals surface area contributed by atoms with Crippen LogP contribution in [0.15, 0.2) is 12.4 Å². The first-order valence-corrected chi connectivity index (χ1v) is 5.66. The van der Waals surface area contributed by atoms with Gasteiger partial charge in [-0.2, -0.15) is 0 Å². The predicted molar refractivity (Wildman–Crippen MR) is 68.2 cm³/mol. The van der Waals surface area contributed by atoms with Crippen LogP contribution in [0.25, 0.3) is 0 Å². The van der Waals surface area contributed by atoms with E-state index in [4.69, 9.17) is 10.5 Å². The summed E-state index contributed by atoms with van der Waals surface area (Å²) < 4.78 is 4.96. The fraction of sp³-hybridized carbons (Fsp3) is 0.545. The van der Waals surface area contributed by atoms with Crippen molar-refractivity contribution in [1.29, 1.82) is 0 Å². The van der Waals surface area contributed by atoms with Gasteiger partial charge in [-0.25, -0.2) is 4.98 Å². The van der Waals surface area contributed by atoms with Crippen LogP contribution in [0.5, 0.6) is 0 Å². The molecule has 1 amide bonds. The Hall–Kier alpha value is -1.73. The first-order chi connectivity index (χ1) is 8.63. The molecular formula is C11H19N5O2. The molecule has 3 N–H and O–H groups in total. The van der Waals surface area contributed by atoms with Gasteiger partial charge in [0.1, 0.15) is 11.5 Å². The van der Waals surface area contributed by atoms with Gasteiger partial charge in [-0.1, -0.05) is 0 Å². The molecular weight excluding hydrogens is 234 g/mol. The highest BCUT2D eigenvalue weighted by molar-refractivity contribution is 5.92. The summed E-state index contributed by atoms with van der Waals surface area (Å²) in [6.45, 7) is 2.77. The highest BCUT2D eigenvalue weighted by atomic mass is 16.5. The number of nitrogens with two attached hydrogens (primary N) is 1. The molecule has 0 spiro atoms. The van der Waals surface area contributed by atoms with Crippen molar-refractivity contribution in [3.05, 3.63) is 18.1 Å². The summed E-state index contributed by atoms with van der Waals surface area (Å²) in [6, 6.07) is 0. The maximum Gasteiger partial charge on any atom is 0.271 e. The number of aromatic nitrogens is 2. The van der Waals surface area contributed by atoms with Crippen molar-refractivity contribution < 1.29 is 9.53 Å². The third-order valence-corrected chi connectivity index (χ3v) is 2.34. The molecule has 0 saturated heterocycles. The maximum absolute atomic E-state index is 11.7. The van der Waals surface area contributed by atoms with Crippen molar-refractivity contribution in [3.63, 3.8) is 0 Å². The lowest BCUT2D eigenvalue weighted by molar-refractivity contribution is 0.0942. The molecule has 0 unspecified atom stereocenters. The summed E-state index contributed by atoms with van der Waals surface area (Å²) in [5.74, 6) is -0.0326. The number of amides is 1. The van der Waals surface area contributed by atoms with Crippen molar-refractivity contribution in [3.8, 4) is 0 Å². The Morgan fingerprint density at radius 2 is 2.28 bits per heavy atom. The number of methoxy groups -OCH3 is 1. The number of anilines is 1. The molecule has 0 atom stereocenters. The van der Waals surface area contributed by atoms with E-state index in [2.05, 4.69) is 20.2 Å². The molecule has 1 heterocycles. The minimum Gasteiger partial charge on any atom is -0.383 e. The number of rotatable bonds is 7. The average Bonchev–Trinajstić information content (AvgIpc) is 2.36. The summed E-state index contributed by atoms with van der Waals surface area (Å²) in [5, 5.41) is 2.75. The lowest BCUT2D eigenvalue weighted by Crippen LogP contribution is -2.34. The molecule has 1 aromatic rings. The van der Waals surface area contributed by atoms with E-state index in [1.165, 1.54) is 12.4 Å². The minimum absolute atomic E-state index is 0.231. The number of carbonyl (C=O) groups excluding carboxylic acids is 1. The van der Waals surface area contributed by atoms with E-state index in [0.29, 0.717) is 13.2 Å². The van der Waals surface area contributed by atoms with E-state index >= 15 is 0 Å². The van der Waals surface area contributed by atoms with Crippen LogP contribution >= 0.6 is 0 Å². The molecule has 0 aliphatic carbocycles. The molecule has 0 saturated carbocycles. The van der Waals surface area contributed by atoms with E-state index in [0.717, 1.165) is 13.1 Å². The van der Waals surface area contributed by atoms with E-state index in [1.807, 2.05) is 7.05 Å². The summed E-state index contributed by atoms with van der Waals surface area (Å²) in [5.41, 5.74) is 5.68. The second-order valence-electron chi connectivity index (χ2n) is 3.88. The highest BCUT2D eigenvalue weighted by Gasteiger charge is 2.07. The molecule has 0 bridgehead atoms. The summed E-state index contributed by atoms with van der Waals surface area (Å²) in [4.78, 5) is 21.4. The Kier molecular flexibility index (Phi) is 6.03. The monoisotopic (exact) mass is 253 g/mol. The summed E-state index contributed by atoms with van der Waals surface area (Å²) in [6.07, 6.45) is 2.79. The van der Waals surface area contributed by atoms with Crippen LogP contribution in [0.4, 0.5) is 5.82 Å². The Morgan fingerprint density at radius 1 is 1.50 bits per heavy atom. The van der Waals surface area contributed by atoms with Crippen LogP contribution in [0.1, 0.15) is 10.5 Å². The van der Waals surface area contributed by atoms with Gasteiger partial charge in [0.25, 0.3) is 5.91 Å². The van der Waals surface area contributed by atoms with Crippen LogP contribution in [0, 0.1) is 0 Å². The van der Waals surface area contributed by atoms with Gasteiger partial charge in [-0.05, 0) is 7.05 Å².